The number of hydrogen-bond acceptors (Lipinski definition) is 5. The van der Waals surface area contributed by atoms with Crippen molar-refractivity contribution in [2.75, 3.05) is 13.6 Å². The molecule has 0 heterocycles. The van der Waals surface area contributed by atoms with Crippen molar-refractivity contribution in [3.05, 3.63) is 0 Å². The molecule has 2 N–H and O–H groups in total. The molecule has 0 aliphatic rings. The molecule has 0 fully saturated rings. The summed E-state index contributed by atoms with van der Waals surface area (Å²) in [5, 5.41) is 5.86. The third kappa shape index (κ3) is 7.76. The van der Waals surface area contributed by atoms with Crippen molar-refractivity contribution in [3.63, 3.8) is 0 Å². The third-order valence-electron chi connectivity index (χ3n) is 2.63. The van der Waals surface area contributed by atoms with Crippen molar-refractivity contribution in [2.45, 2.75) is 45.2 Å². The maximum atomic E-state index is 11.4. The summed E-state index contributed by atoms with van der Waals surface area (Å²) >= 11 is 0. The molecule has 98 valence electrons. The van der Waals surface area contributed by atoms with Crippen LogP contribution in [0.4, 0.5) is 0 Å². The number of ketones is 2. The summed E-state index contributed by atoms with van der Waals surface area (Å²) in [7, 11) is 1.69. The summed E-state index contributed by atoms with van der Waals surface area (Å²) in [4.78, 5) is 32.7. The van der Waals surface area contributed by atoms with Gasteiger partial charge in [0.15, 0.2) is 0 Å². The van der Waals surface area contributed by atoms with Crippen LogP contribution in [0, 0.1) is 0 Å². The van der Waals surface area contributed by atoms with Crippen molar-refractivity contribution in [1.29, 1.82) is 0 Å². The zero-order chi connectivity index (χ0) is 13.3. The average Bonchev–Trinajstić information content (AvgIpc) is 2.27. The molecule has 0 radical (unpaired) electrons. The summed E-state index contributed by atoms with van der Waals surface area (Å²) in [5.41, 5.74) is 0. The molecular weight excluding hydrogens is 220 g/mol. The first kappa shape index (κ1) is 15.9. The van der Waals surface area contributed by atoms with Gasteiger partial charge >= 0.3 is 0 Å². The normalized spacial score (nSPS) is 14.1. The quantitative estimate of drug-likeness (QED) is 0.531. The Balaban J connectivity index is 4.02. The van der Waals surface area contributed by atoms with Crippen LogP contribution in [0.3, 0.4) is 0 Å². The Morgan fingerprint density at radius 3 is 2.35 bits per heavy atom. The van der Waals surface area contributed by atoms with Gasteiger partial charge in [0.25, 0.3) is 0 Å². The molecule has 0 bridgehead atoms. The largest absolute Gasteiger partial charge is 0.310 e. The lowest BCUT2D eigenvalue weighted by Gasteiger charge is -2.18. The van der Waals surface area contributed by atoms with E-state index in [2.05, 4.69) is 10.6 Å². The van der Waals surface area contributed by atoms with E-state index in [1.165, 1.54) is 6.92 Å². The van der Waals surface area contributed by atoms with E-state index in [1.54, 1.807) is 14.0 Å². The molecule has 5 nitrogen and oxygen atoms in total. The lowest BCUT2D eigenvalue weighted by molar-refractivity contribution is -0.120. The van der Waals surface area contributed by atoms with E-state index in [0.29, 0.717) is 25.8 Å². The van der Waals surface area contributed by atoms with Gasteiger partial charge < -0.3 is 20.2 Å². The minimum atomic E-state index is -0.287. The van der Waals surface area contributed by atoms with Crippen LogP contribution in [-0.2, 0) is 14.4 Å². The van der Waals surface area contributed by atoms with Crippen molar-refractivity contribution < 1.29 is 14.4 Å². The van der Waals surface area contributed by atoms with Gasteiger partial charge in [-0.05, 0) is 33.7 Å². The maximum Gasteiger partial charge on any atom is 0.146 e. The first-order valence-electron chi connectivity index (χ1n) is 5.87. The topological polar surface area (TPSA) is 75.3 Å². The van der Waals surface area contributed by atoms with Gasteiger partial charge in [-0.25, -0.2) is 0 Å². The SMILES string of the molecule is CNC(C=O)CNC(CCCC(C)=O)C(C)=O. The molecule has 0 rings (SSSR count). The summed E-state index contributed by atoms with van der Waals surface area (Å²) in [5.74, 6) is 0.169. The van der Waals surface area contributed by atoms with Gasteiger partial charge in [0.2, 0.25) is 0 Å². The first-order valence-corrected chi connectivity index (χ1v) is 5.87. The second kappa shape index (κ2) is 9.01. The van der Waals surface area contributed by atoms with Gasteiger partial charge in [0.1, 0.15) is 17.9 Å². The minimum Gasteiger partial charge on any atom is -0.310 e. The molecule has 5 heteroatoms. The van der Waals surface area contributed by atoms with Crippen molar-refractivity contribution >= 4 is 17.9 Å². The molecule has 0 aliphatic heterocycles. The molecule has 17 heavy (non-hydrogen) atoms. The van der Waals surface area contributed by atoms with E-state index >= 15 is 0 Å². The molecule has 0 aliphatic carbocycles. The number of aldehydes is 1. The number of rotatable bonds is 10. The van der Waals surface area contributed by atoms with Gasteiger partial charge in [-0.3, -0.25) is 4.79 Å². The highest BCUT2D eigenvalue weighted by molar-refractivity contribution is 5.81. The fraction of sp³-hybridized carbons (Fsp3) is 0.750. The van der Waals surface area contributed by atoms with Crippen LogP contribution in [0.15, 0.2) is 0 Å². The molecule has 0 saturated heterocycles. The zero-order valence-corrected chi connectivity index (χ0v) is 10.8. The molecule has 0 aromatic carbocycles. The van der Waals surface area contributed by atoms with E-state index < -0.39 is 0 Å². The molecule has 2 unspecified atom stereocenters. The minimum absolute atomic E-state index is 0.0364. The average molecular weight is 242 g/mol. The molecule has 0 amide bonds. The summed E-state index contributed by atoms with van der Waals surface area (Å²) in [6.07, 6.45) is 2.62. The van der Waals surface area contributed by atoms with Gasteiger partial charge in [-0.1, -0.05) is 0 Å². The lowest BCUT2D eigenvalue weighted by atomic mass is 10.0. The Labute approximate surface area is 102 Å². The fourth-order valence-corrected chi connectivity index (χ4v) is 1.49. The second-order valence-corrected chi connectivity index (χ2v) is 4.20. The highest BCUT2D eigenvalue weighted by atomic mass is 16.1. The summed E-state index contributed by atoms with van der Waals surface area (Å²) in [6, 6.07) is -0.560. The van der Waals surface area contributed by atoms with Gasteiger partial charge in [0, 0.05) is 13.0 Å². The van der Waals surface area contributed by atoms with E-state index in [0.717, 1.165) is 6.29 Å². The van der Waals surface area contributed by atoms with Gasteiger partial charge in [-0.2, -0.15) is 0 Å². The van der Waals surface area contributed by atoms with E-state index in [1.807, 2.05) is 0 Å². The number of carbonyl (C=O) groups is 3. The standard InChI is InChI=1S/C12H22N2O3/c1-9(16)5-4-6-12(10(2)17)14-7-11(8-15)13-3/h8,11-14H,4-7H2,1-3H3. The van der Waals surface area contributed by atoms with E-state index in [4.69, 9.17) is 0 Å². The monoisotopic (exact) mass is 242 g/mol. The number of likely N-dealkylation sites (N-methyl/N-ethyl adjacent to an activating group) is 1. The van der Waals surface area contributed by atoms with Crippen molar-refractivity contribution in [2.24, 2.45) is 0 Å². The number of carbonyl (C=O) groups excluding carboxylic acids is 3. The Morgan fingerprint density at radius 1 is 1.29 bits per heavy atom. The van der Waals surface area contributed by atoms with Crippen LogP contribution < -0.4 is 10.6 Å². The number of hydrogen-bond donors (Lipinski definition) is 2. The Hall–Kier alpha value is -1.07. The van der Waals surface area contributed by atoms with Gasteiger partial charge in [0.05, 0.1) is 12.1 Å². The van der Waals surface area contributed by atoms with Gasteiger partial charge in [-0.15, -0.1) is 0 Å². The molecule has 0 saturated carbocycles. The smallest absolute Gasteiger partial charge is 0.146 e. The third-order valence-corrected chi connectivity index (χ3v) is 2.63. The maximum absolute atomic E-state index is 11.4. The predicted molar refractivity (Wildman–Crippen MR) is 65.9 cm³/mol. The van der Waals surface area contributed by atoms with Crippen molar-refractivity contribution in [3.8, 4) is 0 Å². The van der Waals surface area contributed by atoms with Crippen LogP contribution >= 0.6 is 0 Å². The second-order valence-electron chi connectivity index (χ2n) is 4.20. The Bertz CT molecular complexity index is 266. The summed E-state index contributed by atoms with van der Waals surface area (Å²) < 4.78 is 0. The Morgan fingerprint density at radius 2 is 1.94 bits per heavy atom. The fourth-order valence-electron chi connectivity index (χ4n) is 1.49. The van der Waals surface area contributed by atoms with E-state index in [-0.39, 0.29) is 23.7 Å². The molecule has 0 aromatic heterocycles. The molecule has 0 aromatic rings. The van der Waals surface area contributed by atoms with Crippen LogP contribution in [0.5, 0.6) is 0 Å². The first-order chi connectivity index (χ1) is 8.01. The van der Waals surface area contributed by atoms with Crippen LogP contribution in [0.1, 0.15) is 33.1 Å². The lowest BCUT2D eigenvalue weighted by Crippen LogP contribution is -2.44. The highest BCUT2D eigenvalue weighted by Gasteiger charge is 2.15. The van der Waals surface area contributed by atoms with E-state index in [9.17, 15) is 14.4 Å². The molecular formula is C12H22N2O3. The summed E-state index contributed by atoms with van der Waals surface area (Å²) in [6.45, 7) is 3.48. The van der Waals surface area contributed by atoms with Crippen LogP contribution in [-0.4, -0.2) is 43.5 Å². The number of nitrogens with one attached hydrogen (secondary N) is 2. The van der Waals surface area contributed by atoms with Crippen LogP contribution in [0.25, 0.3) is 0 Å². The number of Topliss-reactive ketones (excluding diaryl/α,β-unsaturated/α-hetero) is 2. The highest BCUT2D eigenvalue weighted by Crippen LogP contribution is 2.03. The predicted octanol–water partition coefficient (Wildman–Crippen LogP) is 0.0798. The zero-order valence-electron chi connectivity index (χ0n) is 10.8. The van der Waals surface area contributed by atoms with Crippen LogP contribution in [0.2, 0.25) is 0 Å². The Kier molecular flexibility index (Phi) is 8.44. The molecule has 2 atom stereocenters. The van der Waals surface area contributed by atoms with Crippen molar-refractivity contribution in [1.82, 2.24) is 10.6 Å². The molecule has 0 spiro atoms.